The van der Waals surface area contributed by atoms with Crippen LogP contribution in [-0.2, 0) is 6.54 Å². The predicted octanol–water partition coefficient (Wildman–Crippen LogP) is 4.81. The van der Waals surface area contributed by atoms with Crippen LogP contribution in [0.5, 0.6) is 0 Å². The van der Waals surface area contributed by atoms with Gasteiger partial charge in [0.25, 0.3) is 5.91 Å². The normalized spacial score (nSPS) is 15.4. The second-order valence-electron chi connectivity index (χ2n) is 9.41. The summed E-state index contributed by atoms with van der Waals surface area (Å²) in [5.74, 6) is 3.14. The first-order chi connectivity index (χ1) is 16.2. The smallest absolute Gasteiger partial charge is 0.257 e. The average molecular weight is 493 g/mol. The standard InChI is InChI=1S/C27H32N4OS2/c1-30-13-15-31(16-14-30)19-22-8-10-23(11-9-22)26(32)29-27-28-25(20-33-27)24-7-5-6-21(18-24)12-17-34(2,3)4/h5-11,18,20H,13-16,19H2,1-4H3,(H,28,29,32). The zero-order valence-electron chi connectivity index (χ0n) is 20.3. The molecule has 1 aliphatic heterocycles. The molecular formula is C27H32N4OS2. The van der Waals surface area contributed by atoms with Crippen molar-refractivity contribution in [1.82, 2.24) is 14.8 Å². The monoisotopic (exact) mass is 492 g/mol. The van der Waals surface area contributed by atoms with Crippen LogP contribution in [0.3, 0.4) is 0 Å². The average Bonchev–Trinajstić information content (AvgIpc) is 3.28. The minimum Gasteiger partial charge on any atom is -0.304 e. The lowest BCUT2D eigenvalue weighted by Crippen LogP contribution is -2.43. The van der Waals surface area contributed by atoms with E-state index in [9.17, 15) is 4.79 Å². The number of rotatable bonds is 5. The van der Waals surface area contributed by atoms with Crippen LogP contribution in [0.25, 0.3) is 11.3 Å². The fraction of sp³-hybridized carbons (Fsp3) is 0.333. The van der Waals surface area contributed by atoms with Gasteiger partial charge in [-0.1, -0.05) is 30.2 Å². The zero-order valence-corrected chi connectivity index (χ0v) is 21.9. The number of nitrogens with one attached hydrogen (secondary N) is 1. The lowest BCUT2D eigenvalue weighted by atomic mass is 10.1. The van der Waals surface area contributed by atoms with Crippen LogP contribution in [-0.4, -0.2) is 72.7 Å². The molecule has 0 spiro atoms. The van der Waals surface area contributed by atoms with Gasteiger partial charge in [-0.25, -0.2) is 4.98 Å². The molecule has 0 aliphatic carbocycles. The second-order valence-corrected chi connectivity index (χ2v) is 14.1. The molecule has 3 aromatic rings. The van der Waals surface area contributed by atoms with Crippen molar-refractivity contribution in [3.05, 3.63) is 70.6 Å². The van der Waals surface area contributed by atoms with Gasteiger partial charge in [0.2, 0.25) is 0 Å². The predicted molar refractivity (Wildman–Crippen MR) is 147 cm³/mol. The third-order valence-corrected chi connectivity index (χ3v) is 7.07. The maximum Gasteiger partial charge on any atom is 0.257 e. The van der Waals surface area contributed by atoms with E-state index in [0.29, 0.717) is 10.7 Å². The van der Waals surface area contributed by atoms with Gasteiger partial charge < -0.3 is 4.90 Å². The van der Waals surface area contributed by atoms with E-state index in [0.717, 1.165) is 49.5 Å². The van der Waals surface area contributed by atoms with Crippen molar-refractivity contribution in [3.63, 3.8) is 0 Å². The Balaban J connectivity index is 1.37. The Morgan fingerprint density at radius 3 is 2.53 bits per heavy atom. The lowest BCUT2D eigenvalue weighted by molar-refractivity contribution is 0.102. The molecule has 0 unspecified atom stereocenters. The van der Waals surface area contributed by atoms with Gasteiger partial charge in [0.15, 0.2) is 5.13 Å². The first-order valence-electron chi connectivity index (χ1n) is 11.3. The number of carbonyl (C=O) groups excluding carboxylic acids is 1. The minimum atomic E-state index is -0.874. The number of anilines is 1. The number of thiazole rings is 1. The Bertz CT molecular complexity index is 1190. The lowest BCUT2D eigenvalue weighted by Gasteiger charge is -2.32. The van der Waals surface area contributed by atoms with E-state index < -0.39 is 10.0 Å². The summed E-state index contributed by atoms with van der Waals surface area (Å²) in [6.07, 6.45) is 6.54. The number of benzene rings is 2. The fourth-order valence-corrected chi connectivity index (χ4v) is 4.77. The summed E-state index contributed by atoms with van der Waals surface area (Å²) in [4.78, 5) is 22.2. The van der Waals surface area contributed by atoms with E-state index in [1.54, 1.807) is 0 Å². The van der Waals surface area contributed by atoms with Crippen LogP contribution in [0.4, 0.5) is 5.13 Å². The highest BCUT2D eigenvalue weighted by atomic mass is 32.3. The highest BCUT2D eigenvalue weighted by Gasteiger charge is 2.15. The summed E-state index contributed by atoms with van der Waals surface area (Å²) in [5, 5.41) is 8.85. The van der Waals surface area contributed by atoms with E-state index in [-0.39, 0.29) is 5.91 Å². The van der Waals surface area contributed by atoms with Gasteiger partial charge in [0.1, 0.15) is 0 Å². The van der Waals surface area contributed by atoms with Crippen molar-refractivity contribution in [2.75, 3.05) is 57.3 Å². The second kappa shape index (κ2) is 10.7. The van der Waals surface area contributed by atoms with Crippen LogP contribution in [0.2, 0.25) is 0 Å². The van der Waals surface area contributed by atoms with Crippen molar-refractivity contribution in [3.8, 4) is 22.4 Å². The number of aromatic nitrogens is 1. The minimum absolute atomic E-state index is 0.139. The van der Waals surface area contributed by atoms with Gasteiger partial charge in [0, 0.05) is 54.8 Å². The molecule has 0 radical (unpaired) electrons. The van der Waals surface area contributed by atoms with Crippen LogP contribution in [0, 0.1) is 11.2 Å². The molecule has 4 rings (SSSR count). The van der Waals surface area contributed by atoms with Gasteiger partial charge in [0.05, 0.1) is 5.69 Å². The number of amides is 1. The maximum absolute atomic E-state index is 12.8. The molecule has 5 nitrogen and oxygen atoms in total. The van der Waals surface area contributed by atoms with Crippen molar-refractivity contribution in [2.45, 2.75) is 6.54 Å². The molecule has 7 heteroatoms. The number of likely N-dealkylation sites (N-methyl/N-ethyl adjacent to an activating group) is 1. The maximum atomic E-state index is 12.8. The number of hydrogen-bond donors (Lipinski definition) is 1. The summed E-state index contributed by atoms with van der Waals surface area (Å²) in [6, 6.07) is 16.0. The third kappa shape index (κ3) is 6.94. The molecular weight excluding hydrogens is 460 g/mol. The van der Waals surface area contributed by atoms with Crippen molar-refractivity contribution in [1.29, 1.82) is 0 Å². The molecule has 1 fully saturated rings. The number of hydrogen-bond acceptors (Lipinski definition) is 5. The highest BCUT2D eigenvalue weighted by molar-refractivity contribution is 8.35. The van der Waals surface area contributed by atoms with Crippen LogP contribution < -0.4 is 5.32 Å². The van der Waals surface area contributed by atoms with Gasteiger partial charge in [-0.15, -0.1) is 11.3 Å². The Kier molecular flexibility index (Phi) is 7.74. The van der Waals surface area contributed by atoms with E-state index in [4.69, 9.17) is 0 Å². The largest absolute Gasteiger partial charge is 0.304 e. The van der Waals surface area contributed by atoms with Crippen LogP contribution in [0.1, 0.15) is 21.5 Å². The van der Waals surface area contributed by atoms with Crippen LogP contribution >= 0.6 is 21.4 Å². The molecule has 178 valence electrons. The Morgan fingerprint density at radius 2 is 1.82 bits per heavy atom. The number of carbonyl (C=O) groups is 1. The van der Waals surface area contributed by atoms with E-state index in [1.165, 1.54) is 16.9 Å². The molecule has 1 N–H and O–H groups in total. The fourth-order valence-electron chi connectivity index (χ4n) is 3.63. The SMILES string of the molecule is CN1CCN(Cc2ccc(C(=O)Nc3nc(-c4cccc(C#CS(C)(C)C)c4)cs3)cc2)CC1. The first kappa shape index (κ1) is 24.5. The van der Waals surface area contributed by atoms with Gasteiger partial charge >= 0.3 is 0 Å². The summed E-state index contributed by atoms with van der Waals surface area (Å²) < 4.78 is 0. The third-order valence-electron chi connectivity index (χ3n) is 5.60. The van der Waals surface area contributed by atoms with Gasteiger partial charge in [-0.2, -0.15) is 10.0 Å². The summed E-state index contributed by atoms with van der Waals surface area (Å²) in [6.45, 7) is 5.29. The van der Waals surface area contributed by atoms with Crippen LogP contribution in [0.15, 0.2) is 53.9 Å². The summed E-state index contributed by atoms with van der Waals surface area (Å²) >= 11 is 1.43. The van der Waals surface area contributed by atoms with E-state index >= 15 is 0 Å². The molecule has 0 atom stereocenters. The molecule has 34 heavy (non-hydrogen) atoms. The quantitative estimate of drug-likeness (QED) is 0.519. The highest BCUT2D eigenvalue weighted by Crippen LogP contribution is 2.32. The molecule has 1 aromatic heterocycles. The molecule has 1 saturated heterocycles. The molecule has 1 aliphatic rings. The van der Waals surface area contributed by atoms with Crippen molar-refractivity contribution >= 4 is 32.4 Å². The van der Waals surface area contributed by atoms with E-state index in [2.05, 4.69) is 63.2 Å². The molecule has 0 bridgehead atoms. The Labute approximate surface area is 208 Å². The number of piperazine rings is 1. The zero-order chi connectivity index (χ0) is 24.1. The summed E-state index contributed by atoms with van der Waals surface area (Å²) in [7, 11) is 1.29. The Hall–Kier alpha value is -2.63. The van der Waals surface area contributed by atoms with E-state index in [1.807, 2.05) is 47.8 Å². The number of nitrogens with zero attached hydrogens (tertiary/aromatic N) is 3. The van der Waals surface area contributed by atoms with Gasteiger partial charge in [-0.3, -0.25) is 15.0 Å². The van der Waals surface area contributed by atoms with Crippen molar-refractivity contribution < 1.29 is 4.79 Å². The molecule has 2 aromatic carbocycles. The molecule has 1 amide bonds. The topological polar surface area (TPSA) is 48.5 Å². The first-order valence-corrected chi connectivity index (χ1v) is 15.1. The summed E-state index contributed by atoms with van der Waals surface area (Å²) in [5.41, 5.74) is 4.69. The van der Waals surface area contributed by atoms with Crippen molar-refractivity contribution in [2.24, 2.45) is 0 Å². The molecule has 2 heterocycles. The Morgan fingerprint density at radius 1 is 1.09 bits per heavy atom. The van der Waals surface area contributed by atoms with Gasteiger partial charge in [-0.05, 0) is 60.9 Å². The molecule has 0 saturated carbocycles.